The number of amides is 1. The Balaban J connectivity index is 2.00. The molecule has 102 valence electrons. The highest BCUT2D eigenvalue weighted by Crippen LogP contribution is 2.09. The van der Waals surface area contributed by atoms with E-state index in [-0.39, 0.29) is 5.91 Å². The molecule has 6 heteroatoms. The summed E-state index contributed by atoms with van der Waals surface area (Å²) in [5, 5.41) is 10.7. The van der Waals surface area contributed by atoms with Gasteiger partial charge in [-0.05, 0) is 18.4 Å². The lowest BCUT2D eigenvalue weighted by Gasteiger charge is -2.02. The number of rotatable bonds is 5. The molecule has 0 aliphatic rings. The van der Waals surface area contributed by atoms with Gasteiger partial charge in [0, 0.05) is 13.1 Å². The molecule has 2 aromatic rings. The molecule has 2 rings (SSSR count). The van der Waals surface area contributed by atoms with Crippen molar-refractivity contribution in [3.05, 3.63) is 35.5 Å². The van der Waals surface area contributed by atoms with Gasteiger partial charge in [0.1, 0.15) is 5.69 Å². The van der Waals surface area contributed by atoms with Crippen LogP contribution in [0.4, 0.5) is 0 Å². The van der Waals surface area contributed by atoms with Crippen LogP contribution in [0.2, 0.25) is 0 Å². The summed E-state index contributed by atoms with van der Waals surface area (Å²) in [5.74, 6) is 0.972. The molecule has 0 fully saturated rings. The molecule has 0 unspecified atom stereocenters. The Morgan fingerprint density at radius 2 is 2.32 bits per heavy atom. The summed E-state index contributed by atoms with van der Waals surface area (Å²) in [7, 11) is 1.77. The quantitative estimate of drug-likeness (QED) is 0.887. The van der Waals surface area contributed by atoms with Crippen molar-refractivity contribution in [3.63, 3.8) is 0 Å². The highest BCUT2D eigenvalue weighted by molar-refractivity contribution is 5.92. The minimum atomic E-state index is -0.165. The zero-order valence-electron chi connectivity index (χ0n) is 11.4. The molecule has 0 atom stereocenters. The fraction of sp³-hybridized carbons (Fsp3) is 0.462. The van der Waals surface area contributed by atoms with Crippen molar-refractivity contribution in [1.82, 2.24) is 20.3 Å². The first-order chi connectivity index (χ1) is 9.06. The smallest absolute Gasteiger partial charge is 0.269 e. The second kappa shape index (κ2) is 5.69. The molecule has 0 aromatic carbocycles. The second-order valence-corrected chi connectivity index (χ2v) is 4.90. The first-order valence-electron chi connectivity index (χ1n) is 6.27. The average Bonchev–Trinajstić information content (AvgIpc) is 2.95. The zero-order valence-corrected chi connectivity index (χ0v) is 11.4. The Labute approximate surface area is 111 Å². The number of nitrogens with zero attached hydrogens (tertiary/aromatic N) is 3. The lowest BCUT2D eigenvalue weighted by molar-refractivity contribution is 0.0937. The molecule has 0 bridgehead atoms. The van der Waals surface area contributed by atoms with Gasteiger partial charge in [0.05, 0.1) is 18.4 Å². The van der Waals surface area contributed by atoms with E-state index in [1.165, 1.54) is 0 Å². The van der Waals surface area contributed by atoms with Gasteiger partial charge in [-0.3, -0.25) is 9.48 Å². The number of carbonyl (C=O) groups is 1. The van der Waals surface area contributed by atoms with Gasteiger partial charge in [-0.2, -0.15) is 5.10 Å². The van der Waals surface area contributed by atoms with E-state index in [9.17, 15) is 4.79 Å². The average molecular weight is 262 g/mol. The molecular formula is C13H18N4O2. The van der Waals surface area contributed by atoms with Crippen LogP contribution in [0.3, 0.4) is 0 Å². The zero-order chi connectivity index (χ0) is 13.8. The lowest BCUT2D eigenvalue weighted by atomic mass is 10.1. The Morgan fingerprint density at radius 1 is 1.53 bits per heavy atom. The van der Waals surface area contributed by atoms with Crippen molar-refractivity contribution >= 4 is 5.91 Å². The molecule has 0 spiro atoms. The molecule has 6 nitrogen and oxygen atoms in total. The fourth-order valence-corrected chi connectivity index (χ4v) is 1.85. The summed E-state index contributed by atoms with van der Waals surface area (Å²) in [5.41, 5.74) is 1.48. The van der Waals surface area contributed by atoms with E-state index in [0.29, 0.717) is 23.9 Å². The van der Waals surface area contributed by atoms with Gasteiger partial charge in [-0.15, -0.1) is 0 Å². The van der Waals surface area contributed by atoms with Crippen LogP contribution in [0.25, 0.3) is 0 Å². The molecule has 19 heavy (non-hydrogen) atoms. The van der Waals surface area contributed by atoms with Gasteiger partial charge < -0.3 is 9.84 Å². The van der Waals surface area contributed by atoms with Gasteiger partial charge in [0.15, 0.2) is 5.76 Å². The maximum atomic E-state index is 12.0. The number of hydrogen-bond acceptors (Lipinski definition) is 4. The third kappa shape index (κ3) is 3.43. The van der Waals surface area contributed by atoms with Crippen molar-refractivity contribution in [3.8, 4) is 0 Å². The minimum Gasteiger partial charge on any atom is -0.360 e. The molecular weight excluding hydrogens is 244 g/mol. The number of aryl methyl sites for hydroxylation is 1. The van der Waals surface area contributed by atoms with E-state index < -0.39 is 0 Å². The van der Waals surface area contributed by atoms with Gasteiger partial charge in [0.2, 0.25) is 0 Å². The van der Waals surface area contributed by atoms with Crippen molar-refractivity contribution < 1.29 is 9.32 Å². The number of aromatic nitrogens is 3. The molecule has 0 aliphatic carbocycles. The topological polar surface area (TPSA) is 73.0 Å². The van der Waals surface area contributed by atoms with Crippen LogP contribution in [-0.4, -0.2) is 20.8 Å². The van der Waals surface area contributed by atoms with E-state index in [0.717, 1.165) is 12.1 Å². The third-order valence-electron chi connectivity index (χ3n) is 2.69. The predicted molar refractivity (Wildman–Crippen MR) is 69.4 cm³/mol. The first kappa shape index (κ1) is 13.3. The van der Waals surface area contributed by atoms with Crippen LogP contribution in [0, 0.1) is 5.92 Å². The monoisotopic (exact) mass is 262 g/mol. The second-order valence-electron chi connectivity index (χ2n) is 4.90. The Hall–Kier alpha value is -2.11. The molecule has 2 aromatic heterocycles. The van der Waals surface area contributed by atoms with Crippen molar-refractivity contribution in [2.24, 2.45) is 13.0 Å². The van der Waals surface area contributed by atoms with E-state index in [1.807, 2.05) is 6.07 Å². The van der Waals surface area contributed by atoms with E-state index in [1.54, 1.807) is 24.0 Å². The van der Waals surface area contributed by atoms with Crippen molar-refractivity contribution in [1.29, 1.82) is 0 Å². The Kier molecular flexibility index (Phi) is 3.99. The maximum Gasteiger partial charge on any atom is 0.269 e. The molecule has 0 aliphatic heterocycles. The molecule has 1 amide bonds. The molecule has 1 N–H and O–H groups in total. The van der Waals surface area contributed by atoms with E-state index in [2.05, 4.69) is 29.4 Å². The molecule has 0 saturated carbocycles. The summed E-state index contributed by atoms with van der Waals surface area (Å²) in [6.07, 6.45) is 2.41. The Morgan fingerprint density at radius 3 is 2.95 bits per heavy atom. The summed E-state index contributed by atoms with van der Waals surface area (Å²) in [6, 6.07) is 3.55. The molecule has 0 saturated heterocycles. The summed E-state index contributed by atoms with van der Waals surface area (Å²) >= 11 is 0. The van der Waals surface area contributed by atoms with Crippen LogP contribution in [-0.2, 0) is 20.0 Å². The third-order valence-corrected chi connectivity index (χ3v) is 2.69. The largest absolute Gasteiger partial charge is 0.360 e. The first-order valence-corrected chi connectivity index (χ1v) is 6.27. The van der Waals surface area contributed by atoms with Crippen LogP contribution in [0.15, 0.2) is 22.9 Å². The van der Waals surface area contributed by atoms with Gasteiger partial charge in [-0.25, -0.2) is 0 Å². The van der Waals surface area contributed by atoms with Crippen molar-refractivity contribution in [2.45, 2.75) is 26.8 Å². The minimum absolute atomic E-state index is 0.165. The van der Waals surface area contributed by atoms with Gasteiger partial charge in [-0.1, -0.05) is 19.0 Å². The Bertz CT molecular complexity index is 543. The highest BCUT2D eigenvalue weighted by atomic mass is 16.5. The highest BCUT2D eigenvalue weighted by Gasteiger charge is 2.14. The van der Waals surface area contributed by atoms with E-state index >= 15 is 0 Å². The number of nitrogens with one attached hydrogen (secondary N) is 1. The van der Waals surface area contributed by atoms with Crippen LogP contribution >= 0.6 is 0 Å². The van der Waals surface area contributed by atoms with Crippen LogP contribution in [0.1, 0.15) is 35.8 Å². The van der Waals surface area contributed by atoms with E-state index in [4.69, 9.17) is 4.52 Å². The maximum absolute atomic E-state index is 12.0. The van der Waals surface area contributed by atoms with Crippen molar-refractivity contribution in [2.75, 3.05) is 0 Å². The molecule has 2 heterocycles. The molecule has 0 radical (unpaired) electrons. The number of carbonyl (C=O) groups excluding carboxylic acids is 1. The SMILES string of the molecule is CC(C)Cc1cc(C(=O)NCc2ccno2)n(C)n1. The number of hydrogen-bond donors (Lipinski definition) is 1. The summed E-state index contributed by atoms with van der Waals surface area (Å²) in [4.78, 5) is 12.0. The van der Waals surface area contributed by atoms with Crippen LogP contribution < -0.4 is 5.32 Å². The summed E-state index contributed by atoms with van der Waals surface area (Å²) < 4.78 is 6.53. The standard InChI is InChI=1S/C13H18N4O2/c1-9(2)6-10-7-12(17(3)16-10)13(18)14-8-11-4-5-15-19-11/h4-5,7,9H,6,8H2,1-3H3,(H,14,18). The van der Waals surface area contributed by atoms with Crippen LogP contribution in [0.5, 0.6) is 0 Å². The fourth-order valence-electron chi connectivity index (χ4n) is 1.85. The van der Waals surface area contributed by atoms with Gasteiger partial charge >= 0.3 is 0 Å². The van der Waals surface area contributed by atoms with Gasteiger partial charge in [0.25, 0.3) is 5.91 Å². The summed E-state index contributed by atoms with van der Waals surface area (Å²) in [6.45, 7) is 4.57. The normalized spacial score (nSPS) is 10.9. The lowest BCUT2D eigenvalue weighted by Crippen LogP contribution is -2.24. The predicted octanol–water partition coefficient (Wildman–Crippen LogP) is 1.54.